The molecule has 1 aromatic carbocycles. The van der Waals surface area contributed by atoms with Crippen LogP contribution in [0.4, 0.5) is 0 Å². The average molecular weight is 215 g/mol. The van der Waals surface area contributed by atoms with Crippen LogP contribution in [0, 0.1) is 0 Å². The van der Waals surface area contributed by atoms with Crippen LogP contribution in [-0.4, -0.2) is 19.0 Å². The van der Waals surface area contributed by atoms with E-state index in [-0.39, 0.29) is 11.1 Å². The van der Waals surface area contributed by atoms with Crippen LogP contribution >= 0.6 is 11.9 Å². The number of carbonyl (C=O) groups is 2. The van der Waals surface area contributed by atoms with Gasteiger partial charge in [0.1, 0.15) is 11.9 Å². The molecule has 0 fully saturated rings. The highest BCUT2D eigenvalue weighted by atomic mass is 35.5. The zero-order valence-corrected chi connectivity index (χ0v) is 8.08. The molecule has 0 unspecified atom stereocenters. The molecule has 5 heteroatoms. The molecule has 0 heterocycles. The average Bonchev–Trinajstić information content (AvgIpc) is 2.27. The van der Waals surface area contributed by atoms with Crippen molar-refractivity contribution in [1.82, 2.24) is 0 Å². The number of halogens is 1. The maximum absolute atomic E-state index is 11.2. The quantitative estimate of drug-likeness (QED) is 0.705. The molecule has 4 nitrogen and oxygen atoms in total. The summed E-state index contributed by atoms with van der Waals surface area (Å²) >= 11 is 4.90. The first-order valence-corrected chi connectivity index (χ1v) is 4.02. The number of hydrogen-bond acceptors (Lipinski definition) is 4. The SMILES string of the molecule is COC(=O)c1ccccc1C(=O)OCl. The van der Waals surface area contributed by atoms with Gasteiger partial charge < -0.3 is 9.03 Å². The third kappa shape index (κ3) is 2.03. The van der Waals surface area contributed by atoms with Crippen molar-refractivity contribution < 1.29 is 18.6 Å². The molecule has 0 saturated heterocycles. The van der Waals surface area contributed by atoms with E-state index in [1.165, 1.54) is 19.2 Å². The van der Waals surface area contributed by atoms with Crippen molar-refractivity contribution >= 4 is 23.8 Å². The summed E-state index contributed by atoms with van der Waals surface area (Å²) in [5, 5.41) is 0. The van der Waals surface area contributed by atoms with E-state index in [9.17, 15) is 9.59 Å². The monoisotopic (exact) mass is 214 g/mol. The molecule has 0 saturated carbocycles. The third-order valence-corrected chi connectivity index (χ3v) is 1.76. The minimum atomic E-state index is -0.785. The smallest absolute Gasteiger partial charge is 0.357 e. The van der Waals surface area contributed by atoms with Gasteiger partial charge in [0.05, 0.1) is 18.2 Å². The van der Waals surface area contributed by atoms with Crippen LogP contribution in [0.2, 0.25) is 0 Å². The van der Waals surface area contributed by atoms with Crippen molar-refractivity contribution in [3.05, 3.63) is 35.4 Å². The molecule has 0 aliphatic heterocycles. The molecule has 0 amide bonds. The van der Waals surface area contributed by atoms with Gasteiger partial charge in [-0.2, -0.15) is 0 Å². The lowest BCUT2D eigenvalue weighted by Gasteiger charge is -2.03. The number of carbonyl (C=O) groups excluding carboxylic acids is 2. The van der Waals surface area contributed by atoms with Crippen LogP contribution in [0.5, 0.6) is 0 Å². The van der Waals surface area contributed by atoms with E-state index in [0.29, 0.717) is 0 Å². The third-order valence-electron chi connectivity index (χ3n) is 1.62. The first kappa shape index (κ1) is 10.5. The fourth-order valence-corrected chi connectivity index (χ4v) is 1.07. The lowest BCUT2D eigenvalue weighted by Crippen LogP contribution is -2.10. The minimum Gasteiger partial charge on any atom is -0.465 e. The predicted octanol–water partition coefficient (Wildman–Crippen LogP) is 1.78. The maximum Gasteiger partial charge on any atom is 0.357 e. The predicted molar refractivity (Wildman–Crippen MR) is 49.1 cm³/mol. The van der Waals surface area contributed by atoms with Gasteiger partial charge in [0.15, 0.2) is 0 Å². The molecule has 0 aliphatic rings. The topological polar surface area (TPSA) is 52.6 Å². The molecule has 0 aromatic heterocycles. The summed E-state index contributed by atoms with van der Waals surface area (Å²) in [6.07, 6.45) is 0. The standard InChI is InChI=1S/C9H7ClO4/c1-13-8(11)6-4-2-3-5-7(6)9(12)14-10/h2-5H,1H3. The zero-order chi connectivity index (χ0) is 10.6. The lowest BCUT2D eigenvalue weighted by atomic mass is 10.1. The molecule has 0 bridgehead atoms. The Balaban J connectivity index is 3.15. The summed E-state index contributed by atoms with van der Waals surface area (Å²) in [5.74, 6) is -1.39. The number of esters is 1. The van der Waals surface area contributed by atoms with Crippen LogP contribution in [0.3, 0.4) is 0 Å². The Morgan fingerprint density at radius 3 is 2.07 bits per heavy atom. The van der Waals surface area contributed by atoms with E-state index in [4.69, 9.17) is 11.9 Å². The molecule has 0 spiro atoms. The summed E-state index contributed by atoms with van der Waals surface area (Å²) in [5.41, 5.74) is 0.204. The van der Waals surface area contributed by atoms with Gasteiger partial charge >= 0.3 is 11.9 Å². The van der Waals surface area contributed by atoms with Gasteiger partial charge in [-0.25, -0.2) is 9.59 Å². The molecule has 0 atom stereocenters. The largest absolute Gasteiger partial charge is 0.465 e. The number of ether oxygens (including phenoxy) is 1. The second-order valence-electron chi connectivity index (χ2n) is 2.40. The molecule has 1 aromatic rings. The van der Waals surface area contributed by atoms with E-state index < -0.39 is 11.9 Å². The Labute approximate surface area is 85.6 Å². The van der Waals surface area contributed by atoms with E-state index in [2.05, 4.69) is 9.03 Å². The Morgan fingerprint density at radius 2 is 1.64 bits per heavy atom. The van der Waals surface area contributed by atoms with Crippen molar-refractivity contribution in [3.8, 4) is 0 Å². The van der Waals surface area contributed by atoms with Gasteiger partial charge in [0.25, 0.3) is 0 Å². The van der Waals surface area contributed by atoms with Crippen LogP contribution in [0.1, 0.15) is 20.7 Å². The van der Waals surface area contributed by atoms with Crippen molar-refractivity contribution in [3.63, 3.8) is 0 Å². The first-order chi connectivity index (χ1) is 6.70. The number of hydrogen-bond donors (Lipinski definition) is 0. The van der Waals surface area contributed by atoms with Gasteiger partial charge in [0, 0.05) is 0 Å². The van der Waals surface area contributed by atoms with Crippen LogP contribution < -0.4 is 0 Å². The maximum atomic E-state index is 11.2. The van der Waals surface area contributed by atoms with Crippen molar-refractivity contribution in [2.24, 2.45) is 0 Å². The van der Waals surface area contributed by atoms with Gasteiger partial charge in [-0.1, -0.05) is 12.1 Å². The van der Waals surface area contributed by atoms with Crippen LogP contribution in [-0.2, 0) is 9.03 Å². The Hall–Kier alpha value is -1.55. The van der Waals surface area contributed by atoms with E-state index in [1.54, 1.807) is 12.1 Å². The Morgan fingerprint density at radius 1 is 1.14 bits per heavy atom. The molecular weight excluding hydrogens is 208 g/mol. The summed E-state index contributed by atoms with van der Waals surface area (Å²) in [6.45, 7) is 0. The van der Waals surface area contributed by atoms with Gasteiger partial charge in [-0.3, -0.25) is 0 Å². The fourth-order valence-electron chi connectivity index (χ4n) is 0.991. The highest BCUT2D eigenvalue weighted by Gasteiger charge is 2.17. The van der Waals surface area contributed by atoms with Crippen LogP contribution in [0.25, 0.3) is 0 Å². The molecule has 0 radical (unpaired) electrons. The summed E-state index contributed by atoms with van der Waals surface area (Å²) < 4.78 is 8.48. The number of benzene rings is 1. The van der Waals surface area contributed by atoms with Crippen molar-refractivity contribution in [2.75, 3.05) is 7.11 Å². The highest BCUT2D eigenvalue weighted by Crippen LogP contribution is 2.12. The van der Waals surface area contributed by atoms with E-state index >= 15 is 0 Å². The fraction of sp³-hybridized carbons (Fsp3) is 0.111. The van der Waals surface area contributed by atoms with Crippen molar-refractivity contribution in [2.45, 2.75) is 0 Å². The Kier molecular flexibility index (Phi) is 3.48. The zero-order valence-electron chi connectivity index (χ0n) is 7.32. The van der Waals surface area contributed by atoms with E-state index in [0.717, 1.165) is 0 Å². The first-order valence-electron chi connectivity index (χ1n) is 3.71. The number of rotatable bonds is 2. The molecule has 14 heavy (non-hydrogen) atoms. The normalized spacial score (nSPS) is 9.29. The summed E-state index contributed by atoms with van der Waals surface area (Å²) in [7, 11) is 1.23. The minimum absolute atomic E-state index is 0.0781. The molecular formula is C9H7ClO4. The van der Waals surface area contributed by atoms with Gasteiger partial charge in [-0.05, 0) is 12.1 Å². The van der Waals surface area contributed by atoms with Crippen LogP contribution in [0.15, 0.2) is 24.3 Å². The van der Waals surface area contributed by atoms with Gasteiger partial charge in [0.2, 0.25) is 0 Å². The molecule has 1 rings (SSSR count). The van der Waals surface area contributed by atoms with Crippen molar-refractivity contribution in [1.29, 1.82) is 0 Å². The molecule has 0 N–H and O–H groups in total. The van der Waals surface area contributed by atoms with E-state index in [1.807, 2.05) is 0 Å². The lowest BCUT2D eigenvalue weighted by molar-refractivity contribution is 0.0589. The second-order valence-corrected chi connectivity index (χ2v) is 2.56. The summed E-state index contributed by atoms with van der Waals surface area (Å²) in [4.78, 5) is 22.3. The second kappa shape index (κ2) is 4.62. The molecule has 74 valence electrons. The summed E-state index contributed by atoms with van der Waals surface area (Å²) in [6, 6.07) is 6.08. The number of methoxy groups -OCH3 is 1. The molecule has 0 aliphatic carbocycles. The highest BCUT2D eigenvalue weighted by molar-refractivity contribution is 6.17. The van der Waals surface area contributed by atoms with Gasteiger partial charge in [-0.15, -0.1) is 0 Å². The Bertz CT molecular complexity index is 327.